The standard InChI is InChI=1S/C15H25N3S/c1-4-14-9-17-15(19-14)10(2)18-12-5-6-13(18)8-11(7-12)16-3/h9-13,16H,4-8H2,1-3H3. The Morgan fingerprint density at radius 1 is 1.42 bits per heavy atom. The van der Waals surface area contributed by atoms with Gasteiger partial charge in [0.05, 0.1) is 6.04 Å². The number of aromatic nitrogens is 1. The zero-order valence-electron chi connectivity index (χ0n) is 12.2. The molecule has 1 aromatic rings. The molecule has 2 aliphatic rings. The maximum atomic E-state index is 4.66. The fourth-order valence-corrected chi connectivity index (χ4v) is 4.80. The predicted molar refractivity (Wildman–Crippen MR) is 80.6 cm³/mol. The summed E-state index contributed by atoms with van der Waals surface area (Å²) in [5.41, 5.74) is 0. The molecule has 2 fully saturated rings. The Balaban J connectivity index is 1.75. The summed E-state index contributed by atoms with van der Waals surface area (Å²) in [7, 11) is 2.11. The average molecular weight is 279 g/mol. The van der Waals surface area contributed by atoms with Crippen LogP contribution in [0, 0.1) is 0 Å². The van der Waals surface area contributed by atoms with E-state index in [0.29, 0.717) is 6.04 Å². The summed E-state index contributed by atoms with van der Waals surface area (Å²) in [6.45, 7) is 4.56. The molecule has 0 radical (unpaired) electrons. The van der Waals surface area contributed by atoms with Gasteiger partial charge in [-0.2, -0.15) is 0 Å². The van der Waals surface area contributed by atoms with E-state index < -0.39 is 0 Å². The fourth-order valence-electron chi connectivity index (χ4n) is 3.89. The lowest BCUT2D eigenvalue weighted by Gasteiger charge is -2.41. The van der Waals surface area contributed by atoms with E-state index in [-0.39, 0.29) is 0 Å². The van der Waals surface area contributed by atoms with Crippen molar-refractivity contribution in [2.24, 2.45) is 0 Å². The molecule has 2 bridgehead atoms. The van der Waals surface area contributed by atoms with E-state index in [2.05, 4.69) is 42.3 Å². The van der Waals surface area contributed by atoms with Crippen LogP contribution in [0.1, 0.15) is 55.5 Å². The SMILES string of the molecule is CCc1cnc(C(C)N2C3CCC2CC(NC)C3)s1. The van der Waals surface area contributed by atoms with Gasteiger partial charge in [0.15, 0.2) is 0 Å². The number of nitrogens with one attached hydrogen (secondary N) is 1. The molecule has 0 aliphatic carbocycles. The van der Waals surface area contributed by atoms with Gasteiger partial charge < -0.3 is 5.32 Å². The number of rotatable bonds is 4. The third-order valence-electron chi connectivity index (χ3n) is 4.92. The summed E-state index contributed by atoms with van der Waals surface area (Å²) in [6.07, 6.45) is 8.54. The Bertz CT molecular complexity index is 417. The first-order valence-electron chi connectivity index (χ1n) is 7.62. The van der Waals surface area contributed by atoms with E-state index in [9.17, 15) is 0 Å². The summed E-state index contributed by atoms with van der Waals surface area (Å²) in [5, 5.41) is 4.79. The summed E-state index contributed by atoms with van der Waals surface area (Å²) in [4.78, 5) is 8.83. The minimum atomic E-state index is 0.501. The van der Waals surface area contributed by atoms with Crippen molar-refractivity contribution in [3.8, 4) is 0 Å². The molecule has 0 amide bonds. The summed E-state index contributed by atoms with van der Waals surface area (Å²) < 4.78 is 0. The number of hydrogen-bond acceptors (Lipinski definition) is 4. The molecule has 2 aliphatic heterocycles. The highest BCUT2D eigenvalue weighted by molar-refractivity contribution is 7.11. The van der Waals surface area contributed by atoms with Gasteiger partial charge in [-0.3, -0.25) is 4.90 Å². The van der Waals surface area contributed by atoms with Gasteiger partial charge in [0.2, 0.25) is 0 Å². The number of aryl methyl sites for hydroxylation is 1. The van der Waals surface area contributed by atoms with Crippen molar-refractivity contribution >= 4 is 11.3 Å². The quantitative estimate of drug-likeness (QED) is 0.918. The Morgan fingerprint density at radius 2 is 2.11 bits per heavy atom. The minimum Gasteiger partial charge on any atom is -0.317 e. The van der Waals surface area contributed by atoms with Gasteiger partial charge in [-0.05, 0) is 46.1 Å². The topological polar surface area (TPSA) is 28.2 Å². The highest BCUT2D eigenvalue weighted by atomic mass is 32.1. The first-order chi connectivity index (χ1) is 9.22. The van der Waals surface area contributed by atoms with Crippen LogP contribution in [0.15, 0.2) is 6.20 Å². The Hall–Kier alpha value is -0.450. The maximum absolute atomic E-state index is 4.66. The molecule has 4 heteroatoms. The van der Waals surface area contributed by atoms with Crippen molar-refractivity contribution < 1.29 is 0 Å². The summed E-state index contributed by atoms with van der Waals surface area (Å²) in [5.74, 6) is 0. The van der Waals surface area contributed by atoms with E-state index >= 15 is 0 Å². The molecule has 3 heterocycles. The Labute approximate surface area is 120 Å². The number of piperidine rings is 1. The van der Waals surface area contributed by atoms with Crippen molar-refractivity contribution in [2.45, 2.75) is 70.1 Å². The second-order valence-corrected chi connectivity index (χ2v) is 7.13. The number of thiazole rings is 1. The molecule has 3 atom stereocenters. The third kappa shape index (κ3) is 2.46. The lowest BCUT2D eigenvalue weighted by Crippen LogP contribution is -2.49. The van der Waals surface area contributed by atoms with Crippen LogP contribution in [0.25, 0.3) is 0 Å². The molecule has 3 nitrogen and oxygen atoms in total. The zero-order chi connectivity index (χ0) is 13.4. The van der Waals surface area contributed by atoms with Gasteiger partial charge in [-0.1, -0.05) is 6.92 Å². The molecular formula is C15H25N3S. The van der Waals surface area contributed by atoms with Crippen molar-refractivity contribution in [1.82, 2.24) is 15.2 Å². The lowest BCUT2D eigenvalue weighted by molar-refractivity contribution is 0.0788. The summed E-state index contributed by atoms with van der Waals surface area (Å²) in [6, 6.07) is 2.75. The molecule has 19 heavy (non-hydrogen) atoms. The first kappa shape index (κ1) is 13.5. The van der Waals surface area contributed by atoms with Crippen LogP contribution >= 0.6 is 11.3 Å². The molecule has 3 unspecified atom stereocenters. The third-order valence-corrected chi connectivity index (χ3v) is 6.23. The monoisotopic (exact) mass is 279 g/mol. The number of hydrogen-bond donors (Lipinski definition) is 1. The smallest absolute Gasteiger partial charge is 0.110 e. The Kier molecular flexibility index (Phi) is 3.92. The second-order valence-electron chi connectivity index (χ2n) is 5.98. The molecular weight excluding hydrogens is 254 g/mol. The lowest BCUT2D eigenvalue weighted by atomic mass is 9.96. The first-order valence-corrected chi connectivity index (χ1v) is 8.43. The van der Waals surface area contributed by atoms with Gasteiger partial charge in [-0.25, -0.2) is 4.98 Å². The average Bonchev–Trinajstić information content (AvgIpc) is 3.01. The van der Waals surface area contributed by atoms with Gasteiger partial charge in [0.1, 0.15) is 5.01 Å². The van der Waals surface area contributed by atoms with Crippen LogP contribution in [0.2, 0.25) is 0 Å². The molecule has 106 valence electrons. The molecule has 2 saturated heterocycles. The minimum absolute atomic E-state index is 0.501. The van der Waals surface area contributed by atoms with E-state index in [1.165, 1.54) is 35.6 Å². The van der Waals surface area contributed by atoms with Crippen molar-refractivity contribution in [2.75, 3.05) is 7.05 Å². The van der Waals surface area contributed by atoms with Gasteiger partial charge in [0.25, 0.3) is 0 Å². The molecule has 0 aromatic carbocycles. The summed E-state index contributed by atoms with van der Waals surface area (Å²) >= 11 is 1.90. The van der Waals surface area contributed by atoms with Crippen molar-refractivity contribution in [3.63, 3.8) is 0 Å². The largest absolute Gasteiger partial charge is 0.317 e. The number of nitrogens with zero attached hydrogens (tertiary/aromatic N) is 2. The zero-order valence-corrected chi connectivity index (χ0v) is 13.0. The van der Waals surface area contributed by atoms with Gasteiger partial charge in [-0.15, -0.1) is 11.3 Å². The highest BCUT2D eigenvalue weighted by Crippen LogP contribution is 2.42. The predicted octanol–water partition coefficient (Wildman–Crippen LogP) is 2.98. The van der Waals surface area contributed by atoms with Gasteiger partial charge >= 0.3 is 0 Å². The highest BCUT2D eigenvalue weighted by Gasteiger charge is 2.43. The van der Waals surface area contributed by atoms with Crippen LogP contribution in [0.4, 0.5) is 0 Å². The molecule has 0 saturated carbocycles. The Morgan fingerprint density at radius 3 is 2.63 bits per heavy atom. The van der Waals surface area contributed by atoms with Crippen LogP contribution < -0.4 is 5.32 Å². The van der Waals surface area contributed by atoms with Gasteiger partial charge in [0, 0.05) is 29.2 Å². The van der Waals surface area contributed by atoms with Crippen LogP contribution in [0.5, 0.6) is 0 Å². The molecule has 1 N–H and O–H groups in total. The van der Waals surface area contributed by atoms with Crippen LogP contribution in [-0.4, -0.2) is 35.1 Å². The fraction of sp³-hybridized carbons (Fsp3) is 0.800. The normalized spacial score (nSPS) is 32.7. The molecule has 3 rings (SSSR count). The van der Waals surface area contributed by atoms with Crippen molar-refractivity contribution in [1.29, 1.82) is 0 Å². The van der Waals surface area contributed by atoms with E-state index in [0.717, 1.165) is 24.5 Å². The number of fused-ring (bicyclic) bond motifs is 2. The van der Waals surface area contributed by atoms with E-state index in [1.54, 1.807) is 0 Å². The second kappa shape index (κ2) is 5.51. The van der Waals surface area contributed by atoms with E-state index in [1.807, 2.05) is 11.3 Å². The molecule has 0 spiro atoms. The van der Waals surface area contributed by atoms with Crippen LogP contribution in [-0.2, 0) is 6.42 Å². The van der Waals surface area contributed by atoms with E-state index in [4.69, 9.17) is 0 Å². The maximum Gasteiger partial charge on any atom is 0.110 e. The van der Waals surface area contributed by atoms with Crippen molar-refractivity contribution in [3.05, 3.63) is 16.1 Å². The molecule has 1 aromatic heterocycles. The van der Waals surface area contributed by atoms with Crippen LogP contribution in [0.3, 0.4) is 0 Å².